The summed E-state index contributed by atoms with van der Waals surface area (Å²) in [5, 5.41) is 17.9. The van der Waals surface area contributed by atoms with Gasteiger partial charge in [-0.1, -0.05) is 0 Å². The minimum atomic E-state index is -1.03. The molecule has 0 radical (unpaired) electrons. The fraction of sp³-hybridized carbons (Fsp3) is 0.300. The van der Waals surface area contributed by atoms with E-state index in [2.05, 4.69) is 20.2 Å². The highest BCUT2D eigenvalue weighted by Gasteiger charge is 2.13. The van der Waals surface area contributed by atoms with Crippen molar-refractivity contribution < 1.29 is 9.90 Å². The summed E-state index contributed by atoms with van der Waals surface area (Å²) >= 11 is 1.24. The minimum absolute atomic E-state index is 0.105. The molecule has 0 aliphatic heterocycles. The summed E-state index contributed by atoms with van der Waals surface area (Å²) in [5.41, 5.74) is 0.535. The molecule has 0 unspecified atom stereocenters. The number of aryl methyl sites for hydroxylation is 2. The zero-order valence-corrected chi connectivity index (χ0v) is 10.9. The molecule has 8 heteroatoms. The maximum Gasteiger partial charge on any atom is 0.339 e. The highest BCUT2D eigenvalue weighted by Crippen LogP contribution is 2.23. The van der Waals surface area contributed by atoms with E-state index in [4.69, 9.17) is 5.11 Å². The van der Waals surface area contributed by atoms with E-state index >= 15 is 0 Å². The lowest BCUT2D eigenvalue weighted by molar-refractivity contribution is 0.0695. The van der Waals surface area contributed by atoms with Crippen molar-refractivity contribution in [3.63, 3.8) is 0 Å². The van der Waals surface area contributed by atoms with Gasteiger partial charge in [0.15, 0.2) is 10.3 Å². The molecule has 94 valence electrons. The Morgan fingerprint density at radius 1 is 1.39 bits per heavy atom. The van der Waals surface area contributed by atoms with Crippen LogP contribution in [0.1, 0.15) is 21.9 Å². The molecule has 0 aliphatic carbocycles. The van der Waals surface area contributed by atoms with Crippen LogP contribution >= 0.6 is 11.8 Å². The van der Waals surface area contributed by atoms with Crippen LogP contribution in [0.15, 0.2) is 16.5 Å². The average molecular weight is 265 g/mol. The van der Waals surface area contributed by atoms with Crippen molar-refractivity contribution in [2.24, 2.45) is 7.05 Å². The third-order valence-electron chi connectivity index (χ3n) is 2.42. The molecular weight excluding hydrogens is 254 g/mol. The third kappa shape index (κ3) is 2.33. The van der Waals surface area contributed by atoms with Crippen molar-refractivity contribution in [1.29, 1.82) is 0 Å². The second-order valence-corrected chi connectivity index (χ2v) is 4.58. The number of hydrogen-bond acceptors (Lipinski definition) is 6. The van der Waals surface area contributed by atoms with Gasteiger partial charge in [-0.3, -0.25) is 0 Å². The molecule has 2 heterocycles. The number of carboxylic acids is 1. The van der Waals surface area contributed by atoms with E-state index in [1.54, 1.807) is 6.92 Å². The topological polar surface area (TPSA) is 93.8 Å². The number of carbonyl (C=O) groups is 1. The van der Waals surface area contributed by atoms with Gasteiger partial charge in [0.1, 0.15) is 5.82 Å². The van der Waals surface area contributed by atoms with Crippen molar-refractivity contribution in [2.45, 2.75) is 24.2 Å². The Morgan fingerprint density at radius 3 is 2.61 bits per heavy atom. The van der Waals surface area contributed by atoms with E-state index in [-0.39, 0.29) is 5.56 Å². The Hall–Kier alpha value is -1.96. The van der Waals surface area contributed by atoms with Crippen LogP contribution < -0.4 is 0 Å². The van der Waals surface area contributed by atoms with E-state index in [0.717, 1.165) is 5.82 Å². The van der Waals surface area contributed by atoms with Crippen LogP contribution in [0.25, 0.3) is 0 Å². The van der Waals surface area contributed by atoms with Crippen LogP contribution in [-0.2, 0) is 7.05 Å². The van der Waals surface area contributed by atoms with Crippen molar-refractivity contribution in [1.82, 2.24) is 24.7 Å². The van der Waals surface area contributed by atoms with Gasteiger partial charge in [0.25, 0.3) is 0 Å². The number of nitrogens with zero attached hydrogens (tertiary/aromatic N) is 5. The van der Waals surface area contributed by atoms with E-state index in [0.29, 0.717) is 16.0 Å². The molecule has 0 fully saturated rings. The fourth-order valence-corrected chi connectivity index (χ4v) is 2.07. The summed E-state index contributed by atoms with van der Waals surface area (Å²) < 4.78 is 1.81. The van der Waals surface area contributed by atoms with Gasteiger partial charge < -0.3 is 9.67 Å². The van der Waals surface area contributed by atoms with E-state index in [9.17, 15) is 4.79 Å². The molecule has 1 N–H and O–H groups in total. The maximum atomic E-state index is 10.8. The molecular formula is C10H11N5O2S. The summed E-state index contributed by atoms with van der Waals surface area (Å²) in [5.74, 6) is -0.241. The van der Waals surface area contributed by atoms with E-state index in [1.165, 1.54) is 18.0 Å². The summed E-state index contributed by atoms with van der Waals surface area (Å²) in [7, 11) is 1.84. The minimum Gasteiger partial charge on any atom is -0.478 e. The van der Waals surface area contributed by atoms with Crippen LogP contribution in [0, 0.1) is 13.8 Å². The Kier molecular flexibility index (Phi) is 3.28. The SMILES string of the molecule is Cc1nc(Sc2nnc(C)n2C)ncc1C(=O)O. The lowest BCUT2D eigenvalue weighted by Gasteiger charge is -2.03. The first kappa shape index (κ1) is 12.5. The Morgan fingerprint density at radius 2 is 2.11 bits per heavy atom. The molecule has 7 nitrogen and oxygen atoms in total. The predicted molar refractivity (Wildman–Crippen MR) is 63.6 cm³/mol. The summed E-state index contributed by atoms with van der Waals surface area (Å²) in [6.07, 6.45) is 1.30. The second kappa shape index (κ2) is 4.73. The number of aromatic nitrogens is 5. The molecule has 18 heavy (non-hydrogen) atoms. The largest absolute Gasteiger partial charge is 0.478 e. The van der Waals surface area contributed by atoms with Crippen molar-refractivity contribution >= 4 is 17.7 Å². The normalized spacial score (nSPS) is 10.6. The molecule has 0 bridgehead atoms. The number of carboxylic acid groups (broad SMARTS) is 1. The van der Waals surface area contributed by atoms with Crippen LogP contribution in [0.3, 0.4) is 0 Å². The molecule has 2 aromatic rings. The van der Waals surface area contributed by atoms with Crippen LogP contribution in [-0.4, -0.2) is 35.8 Å². The van der Waals surface area contributed by atoms with Gasteiger partial charge in [0.2, 0.25) is 0 Å². The Labute approximate surface area is 107 Å². The van der Waals surface area contributed by atoms with Gasteiger partial charge in [-0.15, -0.1) is 10.2 Å². The molecule has 0 saturated heterocycles. The van der Waals surface area contributed by atoms with Gasteiger partial charge in [-0.05, 0) is 25.6 Å². The fourth-order valence-electron chi connectivity index (χ4n) is 1.26. The first-order chi connectivity index (χ1) is 8.49. The lowest BCUT2D eigenvalue weighted by Crippen LogP contribution is -2.04. The number of aromatic carboxylic acids is 1. The number of hydrogen-bond donors (Lipinski definition) is 1. The van der Waals surface area contributed by atoms with Gasteiger partial charge in [0.05, 0.1) is 11.3 Å². The zero-order chi connectivity index (χ0) is 13.3. The molecule has 0 saturated carbocycles. The zero-order valence-electron chi connectivity index (χ0n) is 10.1. The first-order valence-electron chi connectivity index (χ1n) is 5.10. The molecule has 0 amide bonds. The summed E-state index contributed by atoms with van der Waals surface area (Å²) in [6.45, 7) is 3.48. The van der Waals surface area contributed by atoms with E-state index in [1.807, 2.05) is 18.5 Å². The van der Waals surface area contributed by atoms with E-state index < -0.39 is 5.97 Å². The van der Waals surface area contributed by atoms with Crippen LogP contribution in [0.5, 0.6) is 0 Å². The van der Waals surface area contributed by atoms with Gasteiger partial charge >= 0.3 is 5.97 Å². The van der Waals surface area contributed by atoms with Gasteiger partial charge in [-0.2, -0.15) is 0 Å². The smallest absolute Gasteiger partial charge is 0.339 e. The Bertz CT molecular complexity index is 610. The molecule has 2 rings (SSSR count). The second-order valence-electron chi connectivity index (χ2n) is 3.65. The first-order valence-corrected chi connectivity index (χ1v) is 5.91. The number of rotatable bonds is 3. The lowest BCUT2D eigenvalue weighted by atomic mass is 10.2. The Balaban J connectivity index is 2.28. The maximum absolute atomic E-state index is 10.8. The molecule has 0 atom stereocenters. The van der Waals surface area contributed by atoms with Crippen LogP contribution in [0.2, 0.25) is 0 Å². The highest BCUT2D eigenvalue weighted by atomic mass is 32.2. The quantitative estimate of drug-likeness (QED) is 0.829. The van der Waals surface area contributed by atoms with Crippen molar-refractivity contribution in [3.8, 4) is 0 Å². The van der Waals surface area contributed by atoms with Gasteiger partial charge in [-0.25, -0.2) is 14.8 Å². The molecule has 0 aromatic carbocycles. The average Bonchev–Trinajstić information content (AvgIpc) is 2.61. The summed E-state index contributed by atoms with van der Waals surface area (Å²) in [6, 6.07) is 0. The predicted octanol–water partition coefficient (Wildman–Crippen LogP) is 1.07. The van der Waals surface area contributed by atoms with Crippen molar-refractivity contribution in [2.75, 3.05) is 0 Å². The van der Waals surface area contributed by atoms with Gasteiger partial charge in [0, 0.05) is 13.2 Å². The summed E-state index contributed by atoms with van der Waals surface area (Å²) in [4.78, 5) is 19.0. The third-order valence-corrected chi connectivity index (χ3v) is 3.34. The molecule has 2 aromatic heterocycles. The molecule has 0 spiro atoms. The van der Waals surface area contributed by atoms with Crippen molar-refractivity contribution in [3.05, 3.63) is 23.3 Å². The highest BCUT2D eigenvalue weighted by molar-refractivity contribution is 7.99. The molecule has 0 aliphatic rings. The monoisotopic (exact) mass is 265 g/mol. The van der Waals surface area contributed by atoms with Crippen LogP contribution in [0.4, 0.5) is 0 Å². The standard InChI is InChI=1S/C10H11N5O2S/c1-5-7(8(16)17)4-11-9(12-5)18-10-14-13-6(2)15(10)3/h4H,1-3H3,(H,16,17).